The van der Waals surface area contributed by atoms with Crippen molar-refractivity contribution in [3.63, 3.8) is 0 Å². The van der Waals surface area contributed by atoms with Gasteiger partial charge in [-0.1, -0.05) is 6.92 Å². The summed E-state index contributed by atoms with van der Waals surface area (Å²) in [5, 5.41) is 17.1. The normalized spacial score (nSPS) is 10.9. The molecule has 4 nitrogen and oxygen atoms in total. The van der Waals surface area contributed by atoms with E-state index in [4.69, 9.17) is 10.4 Å². The standard InChI is InChI=1S/C13H16N2O2S/c1-2-15(9-3-8-14)10-12-5-4-11(18-12)6-7-13(16)17/h4-7H,2-3,9-10H2,1H3,(H,16,17). The van der Waals surface area contributed by atoms with Crippen molar-refractivity contribution in [3.05, 3.63) is 28.0 Å². The SMILES string of the molecule is CCN(CCC#N)Cc1ccc(C=CC(=O)O)s1. The van der Waals surface area contributed by atoms with Gasteiger partial charge in [0, 0.05) is 35.3 Å². The van der Waals surface area contributed by atoms with Crippen molar-refractivity contribution in [2.75, 3.05) is 13.1 Å². The molecule has 1 N–H and O–H groups in total. The summed E-state index contributed by atoms with van der Waals surface area (Å²) in [7, 11) is 0. The number of nitrogens with zero attached hydrogens (tertiary/aromatic N) is 2. The van der Waals surface area contributed by atoms with E-state index < -0.39 is 5.97 Å². The van der Waals surface area contributed by atoms with Crippen LogP contribution < -0.4 is 0 Å². The highest BCUT2D eigenvalue weighted by atomic mass is 32.1. The van der Waals surface area contributed by atoms with Crippen molar-refractivity contribution >= 4 is 23.4 Å². The molecule has 1 aromatic rings. The fraction of sp³-hybridized carbons (Fsp3) is 0.385. The molecular weight excluding hydrogens is 248 g/mol. The molecule has 5 heteroatoms. The lowest BCUT2D eigenvalue weighted by atomic mass is 10.3. The van der Waals surface area contributed by atoms with Crippen LogP contribution in [0.2, 0.25) is 0 Å². The Bertz CT molecular complexity index is 460. The van der Waals surface area contributed by atoms with E-state index in [0.29, 0.717) is 6.42 Å². The molecule has 0 amide bonds. The van der Waals surface area contributed by atoms with Crippen molar-refractivity contribution in [2.24, 2.45) is 0 Å². The maximum Gasteiger partial charge on any atom is 0.328 e. The maximum absolute atomic E-state index is 10.4. The summed E-state index contributed by atoms with van der Waals surface area (Å²) in [6.45, 7) is 4.55. The van der Waals surface area contributed by atoms with Gasteiger partial charge in [-0.05, 0) is 24.8 Å². The predicted molar refractivity (Wildman–Crippen MR) is 72.2 cm³/mol. The highest BCUT2D eigenvalue weighted by Gasteiger charge is 2.05. The van der Waals surface area contributed by atoms with E-state index in [0.717, 1.165) is 30.6 Å². The number of nitriles is 1. The van der Waals surface area contributed by atoms with Gasteiger partial charge in [-0.25, -0.2) is 4.79 Å². The Morgan fingerprint density at radius 3 is 3.00 bits per heavy atom. The van der Waals surface area contributed by atoms with Crippen molar-refractivity contribution < 1.29 is 9.90 Å². The molecule has 0 unspecified atom stereocenters. The Balaban J connectivity index is 2.57. The Morgan fingerprint density at radius 1 is 1.61 bits per heavy atom. The average molecular weight is 264 g/mol. The summed E-state index contributed by atoms with van der Waals surface area (Å²) in [6.07, 6.45) is 3.27. The number of carboxylic acids is 1. The van der Waals surface area contributed by atoms with Crippen molar-refractivity contribution in [1.29, 1.82) is 5.26 Å². The molecule has 0 aliphatic heterocycles. The van der Waals surface area contributed by atoms with E-state index in [2.05, 4.69) is 17.9 Å². The molecule has 0 aliphatic carbocycles. The zero-order valence-corrected chi connectivity index (χ0v) is 11.1. The first-order valence-corrected chi connectivity index (χ1v) is 6.56. The van der Waals surface area contributed by atoms with Crippen LogP contribution in [0.1, 0.15) is 23.1 Å². The van der Waals surface area contributed by atoms with Gasteiger partial charge in [-0.15, -0.1) is 11.3 Å². The largest absolute Gasteiger partial charge is 0.478 e. The zero-order chi connectivity index (χ0) is 13.4. The monoisotopic (exact) mass is 264 g/mol. The van der Waals surface area contributed by atoms with Crippen LogP contribution in [0.3, 0.4) is 0 Å². The van der Waals surface area contributed by atoms with Crippen LogP contribution >= 0.6 is 11.3 Å². The number of thiophene rings is 1. The van der Waals surface area contributed by atoms with Gasteiger partial charge in [0.1, 0.15) is 0 Å². The first-order chi connectivity index (χ1) is 8.65. The molecule has 1 heterocycles. The molecule has 1 aromatic heterocycles. The predicted octanol–water partition coefficient (Wildman–Crippen LogP) is 2.58. The van der Waals surface area contributed by atoms with E-state index in [1.54, 1.807) is 17.4 Å². The van der Waals surface area contributed by atoms with E-state index in [-0.39, 0.29) is 0 Å². The second-order valence-corrected chi connectivity index (χ2v) is 4.95. The lowest BCUT2D eigenvalue weighted by Crippen LogP contribution is -2.23. The van der Waals surface area contributed by atoms with Crippen LogP contribution in [-0.4, -0.2) is 29.1 Å². The van der Waals surface area contributed by atoms with Crippen molar-refractivity contribution in [2.45, 2.75) is 19.9 Å². The number of hydrogen-bond acceptors (Lipinski definition) is 4. The molecule has 0 saturated carbocycles. The van der Waals surface area contributed by atoms with Crippen LogP contribution in [0.15, 0.2) is 18.2 Å². The number of hydrogen-bond donors (Lipinski definition) is 1. The number of aliphatic carboxylic acids is 1. The topological polar surface area (TPSA) is 64.3 Å². The molecule has 0 bridgehead atoms. The Morgan fingerprint density at radius 2 is 2.39 bits per heavy atom. The minimum atomic E-state index is -0.936. The van der Waals surface area contributed by atoms with Crippen LogP contribution in [0.25, 0.3) is 6.08 Å². The molecule has 0 saturated heterocycles. The van der Waals surface area contributed by atoms with E-state index in [1.807, 2.05) is 12.1 Å². The Hall–Kier alpha value is -1.64. The lowest BCUT2D eigenvalue weighted by molar-refractivity contribution is -0.131. The average Bonchev–Trinajstić information content (AvgIpc) is 2.79. The zero-order valence-electron chi connectivity index (χ0n) is 10.3. The van der Waals surface area contributed by atoms with E-state index in [1.165, 1.54) is 4.88 Å². The molecule has 0 fully saturated rings. The van der Waals surface area contributed by atoms with Gasteiger partial charge in [0.25, 0.3) is 0 Å². The summed E-state index contributed by atoms with van der Waals surface area (Å²) in [6, 6.07) is 6.06. The van der Waals surface area contributed by atoms with E-state index in [9.17, 15) is 4.79 Å². The van der Waals surface area contributed by atoms with E-state index >= 15 is 0 Å². The fourth-order valence-corrected chi connectivity index (χ4v) is 2.46. The molecule has 96 valence electrons. The minimum Gasteiger partial charge on any atom is -0.478 e. The van der Waals surface area contributed by atoms with Gasteiger partial charge in [0.05, 0.1) is 6.07 Å². The summed E-state index contributed by atoms with van der Waals surface area (Å²) in [5.74, 6) is -0.936. The van der Waals surface area contributed by atoms with Crippen LogP contribution in [0.5, 0.6) is 0 Å². The van der Waals surface area contributed by atoms with Gasteiger partial charge in [0.2, 0.25) is 0 Å². The van der Waals surface area contributed by atoms with Gasteiger partial charge < -0.3 is 5.11 Å². The molecule has 0 atom stereocenters. The molecule has 0 aliphatic rings. The highest BCUT2D eigenvalue weighted by molar-refractivity contribution is 7.12. The molecular formula is C13H16N2O2S. The molecule has 1 rings (SSSR count). The minimum absolute atomic E-state index is 0.533. The second kappa shape index (κ2) is 7.64. The lowest BCUT2D eigenvalue weighted by Gasteiger charge is -2.17. The smallest absolute Gasteiger partial charge is 0.328 e. The third-order valence-corrected chi connectivity index (χ3v) is 3.47. The number of rotatable bonds is 7. The second-order valence-electron chi connectivity index (χ2n) is 3.75. The van der Waals surface area contributed by atoms with Gasteiger partial charge in [-0.3, -0.25) is 4.90 Å². The summed E-state index contributed by atoms with van der Waals surface area (Å²) in [5.41, 5.74) is 0. The quantitative estimate of drug-likeness (QED) is 0.769. The van der Waals surface area contributed by atoms with Crippen LogP contribution in [0, 0.1) is 11.3 Å². The first kappa shape index (κ1) is 14.4. The summed E-state index contributed by atoms with van der Waals surface area (Å²) in [4.78, 5) is 14.7. The Labute approximate surface area is 111 Å². The Kier molecular flexibility index (Phi) is 6.12. The molecule has 0 spiro atoms. The van der Waals surface area contributed by atoms with Crippen LogP contribution in [-0.2, 0) is 11.3 Å². The number of carboxylic acid groups (broad SMARTS) is 1. The maximum atomic E-state index is 10.4. The van der Waals surface area contributed by atoms with Gasteiger partial charge in [-0.2, -0.15) is 5.26 Å². The summed E-state index contributed by atoms with van der Waals surface area (Å²) < 4.78 is 0. The van der Waals surface area contributed by atoms with Crippen molar-refractivity contribution in [1.82, 2.24) is 4.90 Å². The third-order valence-electron chi connectivity index (χ3n) is 2.44. The molecule has 18 heavy (non-hydrogen) atoms. The van der Waals surface area contributed by atoms with Gasteiger partial charge >= 0.3 is 5.97 Å². The highest BCUT2D eigenvalue weighted by Crippen LogP contribution is 2.19. The summed E-state index contributed by atoms with van der Waals surface area (Å²) >= 11 is 1.58. The molecule has 0 radical (unpaired) electrons. The van der Waals surface area contributed by atoms with Crippen molar-refractivity contribution in [3.8, 4) is 6.07 Å². The van der Waals surface area contributed by atoms with Gasteiger partial charge in [0.15, 0.2) is 0 Å². The fourth-order valence-electron chi connectivity index (χ4n) is 1.50. The molecule has 0 aromatic carbocycles. The third kappa shape index (κ3) is 5.13. The van der Waals surface area contributed by atoms with Crippen LogP contribution in [0.4, 0.5) is 0 Å². The first-order valence-electron chi connectivity index (χ1n) is 5.74. The number of carbonyl (C=O) groups is 1.